The number of anilines is 1. The lowest BCUT2D eigenvalue weighted by molar-refractivity contribution is -0.113. The number of hydrogen-bond acceptors (Lipinski definition) is 5. The fourth-order valence-electron chi connectivity index (χ4n) is 6.09. The number of halogens is 4. The average molecular weight is 580 g/mol. The van der Waals surface area contributed by atoms with Gasteiger partial charge in [0.2, 0.25) is 0 Å². The van der Waals surface area contributed by atoms with Crippen LogP contribution >= 0.6 is 11.6 Å². The minimum absolute atomic E-state index is 0.0724. The van der Waals surface area contributed by atoms with Gasteiger partial charge in [0.1, 0.15) is 6.10 Å². The van der Waals surface area contributed by atoms with E-state index in [1.807, 2.05) is 0 Å². The van der Waals surface area contributed by atoms with Crippen LogP contribution in [0.3, 0.4) is 0 Å². The van der Waals surface area contributed by atoms with Gasteiger partial charge in [0.15, 0.2) is 27.3 Å². The van der Waals surface area contributed by atoms with Gasteiger partial charge in [0.25, 0.3) is 5.91 Å². The summed E-state index contributed by atoms with van der Waals surface area (Å²) in [5, 5.41) is 23.6. The second-order valence-electron chi connectivity index (χ2n) is 10.3. The molecule has 6 nitrogen and oxygen atoms in total. The summed E-state index contributed by atoms with van der Waals surface area (Å²) in [5.41, 5.74) is -1.44. The Labute approximate surface area is 228 Å². The molecular formula is C28H25ClF3NO5S. The van der Waals surface area contributed by atoms with E-state index in [1.165, 1.54) is 12.1 Å². The van der Waals surface area contributed by atoms with Crippen LogP contribution < -0.4 is 5.32 Å². The summed E-state index contributed by atoms with van der Waals surface area (Å²) in [6.45, 7) is 0. The van der Waals surface area contributed by atoms with E-state index in [0.29, 0.717) is 30.5 Å². The fourth-order valence-corrected chi connectivity index (χ4v) is 8.93. The molecule has 11 heteroatoms. The van der Waals surface area contributed by atoms with Crippen molar-refractivity contribution in [1.29, 1.82) is 0 Å². The van der Waals surface area contributed by atoms with Gasteiger partial charge in [-0.3, -0.25) is 4.79 Å². The van der Waals surface area contributed by atoms with E-state index in [2.05, 4.69) is 5.32 Å². The zero-order valence-corrected chi connectivity index (χ0v) is 22.0. The Morgan fingerprint density at radius 2 is 1.56 bits per heavy atom. The number of hydrogen-bond donors (Lipinski definition) is 3. The van der Waals surface area contributed by atoms with Crippen molar-refractivity contribution in [3.63, 3.8) is 0 Å². The molecule has 206 valence electrons. The molecule has 2 aliphatic rings. The van der Waals surface area contributed by atoms with Gasteiger partial charge in [-0.05, 0) is 61.3 Å². The molecule has 2 fully saturated rings. The number of benzene rings is 3. The molecule has 3 unspecified atom stereocenters. The highest BCUT2D eigenvalue weighted by Gasteiger charge is 2.56. The van der Waals surface area contributed by atoms with Crippen LogP contribution in [0.15, 0.2) is 65.6 Å². The van der Waals surface area contributed by atoms with Crippen LogP contribution in [0, 0.1) is 29.3 Å². The number of carbonyl (C=O) groups is 1. The molecule has 3 N–H and O–H groups in total. The first kappa shape index (κ1) is 27.6. The Morgan fingerprint density at radius 1 is 0.974 bits per heavy atom. The largest absolute Gasteiger partial charge is 0.387 e. The standard InChI is InChI=1S/C28H25ClF3NO5S/c29-20-9-8-16(27(35)33-19-11-21(30)24(32)22(31)12-19)10-23(20)39(37,38)25-17-6-7-18(25)14-28(36,13-17)26(34)15-4-2-1-3-5-15/h1-5,8-12,17-18,25-26,34,36H,6-7,13-14H2,(H,33,35). The van der Waals surface area contributed by atoms with E-state index in [-0.39, 0.29) is 34.0 Å². The second kappa shape index (κ2) is 10.2. The average Bonchev–Trinajstić information content (AvgIpc) is 3.20. The van der Waals surface area contributed by atoms with Crippen LogP contribution in [0.25, 0.3) is 0 Å². The minimum atomic E-state index is -4.09. The highest BCUT2D eigenvalue weighted by atomic mass is 35.5. The predicted octanol–water partition coefficient (Wildman–Crippen LogP) is 5.44. The van der Waals surface area contributed by atoms with Crippen molar-refractivity contribution in [2.75, 3.05) is 5.32 Å². The Morgan fingerprint density at radius 3 is 2.15 bits per heavy atom. The first-order valence-corrected chi connectivity index (χ1v) is 14.3. The van der Waals surface area contributed by atoms with E-state index >= 15 is 0 Å². The van der Waals surface area contributed by atoms with Crippen LogP contribution in [0.4, 0.5) is 18.9 Å². The molecule has 0 radical (unpaired) electrons. The third kappa shape index (κ3) is 5.06. The molecule has 0 heterocycles. The van der Waals surface area contributed by atoms with Gasteiger partial charge in [0, 0.05) is 23.4 Å². The van der Waals surface area contributed by atoms with Crippen molar-refractivity contribution in [1.82, 2.24) is 0 Å². The molecule has 2 bridgehead atoms. The SMILES string of the molecule is O=C(Nc1cc(F)c(F)c(F)c1)c1ccc(Cl)c(S(=O)(=O)C2C3CCC2CC(O)(C(O)c2ccccc2)C3)c1. The number of aliphatic hydroxyl groups is 2. The molecular weight excluding hydrogens is 555 g/mol. The molecule has 2 aliphatic carbocycles. The molecule has 0 aliphatic heterocycles. The fraction of sp³-hybridized carbons (Fsp3) is 0.321. The van der Waals surface area contributed by atoms with Crippen LogP contribution in [0.1, 0.15) is 47.7 Å². The normalized spacial score (nSPS) is 25.3. The maximum atomic E-state index is 13.9. The van der Waals surface area contributed by atoms with E-state index in [9.17, 15) is 36.6 Å². The Balaban J connectivity index is 1.40. The number of nitrogens with one attached hydrogen (secondary N) is 1. The van der Waals surface area contributed by atoms with Gasteiger partial charge in [0.05, 0.1) is 20.8 Å². The lowest BCUT2D eigenvalue weighted by Crippen LogP contribution is -2.49. The Bertz CT molecular complexity index is 1500. The van der Waals surface area contributed by atoms with Crippen molar-refractivity contribution in [3.8, 4) is 0 Å². The summed E-state index contributed by atoms with van der Waals surface area (Å²) in [4.78, 5) is 12.5. The van der Waals surface area contributed by atoms with E-state index in [4.69, 9.17) is 11.6 Å². The number of amides is 1. The molecule has 3 aromatic carbocycles. The molecule has 1 amide bonds. The van der Waals surface area contributed by atoms with Crippen molar-refractivity contribution in [3.05, 3.63) is 94.3 Å². The van der Waals surface area contributed by atoms with E-state index < -0.39 is 62.0 Å². The van der Waals surface area contributed by atoms with Gasteiger partial charge >= 0.3 is 0 Å². The topological polar surface area (TPSA) is 104 Å². The van der Waals surface area contributed by atoms with Gasteiger partial charge in [-0.15, -0.1) is 0 Å². The van der Waals surface area contributed by atoms with Gasteiger partial charge < -0.3 is 15.5 Å². The van der Waals surface area contributed by atoms with Crippen molar-refractivity contribution in [2.24, 2.45) is 11.8 Å². The monoisotopic (exact) mass is 579 g/mol. The maximum Gasteiger partial charge on any atom is 0.255 e. The van der Waals surface area contributed by atoms with Crippen LogP contribution in [-0.2, 0) is 9.84 Å². The first-order chi connectivity index (χ1) is 18.4. The smallest absolute Gasteiger partial charge is 0.255 e. The molecule has 39 heavy (non-hydrogen) atoms. The number of rotatable bonds is 6. The molecule has 0 spiro atoms. The van der Waals surface area contributed by atoms with Gasteiger partial charge in [-0.25, -0.2) is 21.6 Å². The third-order valence-corrected chi connectivity index (χ3v) is 10.7. The van der Waals surface area contributed by atoms with Crippen LogP contribution in [-0.4, -0.2) is 35.4 Å². The second-order valence-corrected chi connectivity index (χ2v) is 12.8. The van der Waals surface area contributed by atoms with Crippen molar-refractivity contribution >= 4 is 33.0 Å². The highest BCUT2D eigenvalue weighted by Crippen LogP contribution is 2.54. The Hall–Kier alpha value is -2.92. The summed E-state index contributed by atoms with van der Waals surface area (Å²) in [6.07, 6.45) is 0.0453. The minimum Gasteiger partial charge on any atom is -0.387 e. The van der Waals surface area contributed by atoms with Gasteiger partial charge in [-0.1, -0.05) is 41.9 Å². The van der Waals surface area contributed by atoms with Crippen LogP contribution in [0.5, 0.6) is 0 Å². The highest BCUT2D eigenvalue weighted by molar-refractivity contribution is 7.92. The number of aliphatic hydroxyl groups excluding tert-OH is 1. The quantitative estimate of drug-likeness (QED) is 0.338. The molecule has 3 atom stereocenters. The lowest BCUT2D eigenvalue weighted by atomic mass is 9.73. The maximum absolute atomic E-state index is 13.9. The molecule has 0 aromatic heterocycles. The van der Waals surface area contributed by atoms with E-state index in [0.717, 1.165) is 6.07 Å². The van der Waals surface area contributed by atoms with E-state index in [1.54, 1.807) is 30.3 Å². The number of carbonyl (C=O) groups excluding carboxylic acids is 1. The summed E-state index contributed by atoms with van der Waals surface area (Å²) >= 11 is 6.29. The van der Waals surface area contributed by atoms with Gasteiger partial charge in [-0.2, -0.15) is 0 Å². The molecule has 5 rings (SSSR count). The first-order valence-electron chi connectivity index (χ1n) is 12.4. The summed E-state index contributed by atoms with van der Waals surface area (Å²) in [5.74, 6) is -6.44. The van der Waals surface area contributed by atoms with Crippen molar-refractivity contribution in [2.45, 2.75) is 47.5 Å². The lowest BCUT2D eigenvalue weighted by Gasteiger charge is -2.43. The van der Waals surface area contributed by atoms with Crippen molar-refractivity contribution < 1.29 is 36.6 Å². The summed E-state index contributed by atoms with van der Waals surface area (Å²) in [7, 11) is -4.09. The molecule has 2 saturated carbocycles. The zero-order valence-electron chi connectivity index (χ0n) is 20.5. The third-order valence-electron chi connectivity index (χ3n) is 7.79. The molecule has 0 saturated heterocycles. The number of fused-ring (bicyclic) bond motifs is 2. The van der Waals surface area contributed by atoms with Crippen LogP contribution in [0.2, 0.25) is 5.02 Å². The summed E-state index contributed by atoms with van der Waals surface area (Å²) in [6, 6.07) is 13.5. The Kier molecular flexibility index (Phi) is 7.26. The number of sulfone groups is 1. The summed E-state index contributed by atoms with van der Waals surface area (Å²) < 4.78 is 68.1. The predicted molar refractivity (Wildman–Crippen MR) is 138 cm³/mol. The molecule has 3 aromatic rings. The zero-order chi connectivity index (χ0) is 28.1.